The third-order valence-corrected chi connectivity index (χ3v) is 7.00. The second-order valence-electron chi connectivity index (χ2n) is 9.54. The number of hydrogen-bond donors (Lipinski definition) is 1. The molecule has 1 N–H and O–H groups in total. The highest BCUT2D eigenvalue weighted by atomic mass is 16.1. The maximum absolute atomic E-state index is 13.0. The van der Waals surface area contributed by atoms with Gasteiger partial charge in [-0.15, -0.1) is 0 Å². The molecule has 2 aromatic heterocycles. The van der Waals surface area contributed by atoms with E-state index in [0.29, 0.717) is 11.2 Å². The number of amides is 1. The molecule has 1 amide bonds. The van der Waals surface area contributed by atoms with Crippen LogP contribution < -0.4 is 5.32 Å². The number of fused-ring (bicyclic) bond motifs is 1. The summed E-state index contributed by atoms with van der Waals surface area (Å²) in [5, 5.41) is 7.76. The lowest BCUT2D eigenvalue weighted by Gasteiger charge is -2.26. The first-order chi connectivity index (χ1) is 14.7. The van der Waals surface area contributed by atoms with Crippen molar-refractivity contribution in [3.63, 3.8) is 0 Å². The van der Waals surface area contributed by atoms with Crippen LogP contribution in [0.25, 0.3) is 5.65 Å². The molecular formula is C26H34N4O. The molecule has 0 radical (unpaired) electrons. The molecule has 0 bridgehead atoms. The van der Waals surface area contributed by atoms with Gasteiger partial charge in [0.15, 0.2) is 5.65 Å². The van der Waals surface area contributed by atoms with Crippen LogP contribution in [0.1, 0.15) is 82.2 Å². The number of aromatic nitrogens is 3. The van der Waals surface area contributed by atoms with Gasteiger partial charge in [0.05, 0.1) is 6.20 Å². The maximum atomic E-state index is 13.0. The van der Waals surface area contributed by atoms with Gasteiger partial charge in [-0.1, -0.05) is 24.6 Å². The second-order valence-corrected chi connectivity index (χ2v) is 9.54. The van der Waals surface area contributed by atoms with Crippen LogP contribution in [0.2, 0.25) is 0 Å². The third kappa shape index (κ3) is 4.23. The van der Waals surface area contributed by atoms with Gasteiger partial charge in [0.25, 0.3) is 5.91 Å². The minimum Gasteiger partial charge on any atom is -0.349 e. The number of benzene rings is 1. The summed E-state index contributed by atoms with van der Waals surface area (Å²) in [6.07, 6.45) is 6.95. The van der Waals surface area contributed by atoms with E-state index < -0.39 is 0 Å². The molecular weight excluding hydrogens is 384 g/mol. The quantitative estimate of drug-likeness (QED) is 0.636. The highest BCUT2D eigenvalue weighted by molar-refractivity contribution is 5.99. The van der Waals surface area contributed by atoms with Crippen LogP contribution in [0.3, 0.4) is 0 Å². The zero-order chi connectivity index (χ0) is 22.3. The van der Waals surface area contributed by atoms with Crippen LogP contribution in [0, 0.1) is 40.5 Å². The van der Waals surface area contributed by atoms with Crippen molar-refractivity contribution in [2.75, 3.05) is 0 Å². The Morgan fingerprint density at radius 3 is 2.32 bits per heavy atom. The Hall–Kier alpha value is -2.69. The van der Waals surface area contributed by atoms with Crippen LogP contribution in [-0.4, -0.2) is 26.5 Å². The predicted octanol–water partition coefficient (Wildman–Crippen LogP) is 5.17. The minimum atomic E-state index is -0.0566. The van der Waals surface area contributed by atoms with E-state index in [1.54, 1.807) is 6.20 Å². The van der Waals surface area contributed by atoms with E-state index in [0.717, 1.165) is 36.6 Å². The highest BCUT2D eigenvalue weighted by Gasteiger charge is 2.23. The molecule has 1 aliphatic rings. The molecule has 1 saturated carbocycles. The number of hydrogen-bond acceptors (Lipinski definition) is 3. The van der Waals surface area contributed by atoms with Crippen molar-refractivity contribution in [2.24, 2.45) is 5.92 Å². The van der Waals surface area contributed by atoms with Gasteiger partial charge in [0.1, 0.15) is 5.56 Å². The van der Waals surface area contributed by atoms with E-state index in [1.807, 2.05) is 11.4 Å². The summed E-state index contributed by atoms with van der Waals surface area (Å²) in [7, 11) is 0. The molecule has 4 rings (SSSR count). The van der Waals surface area contributed by atoms with Crippen LogP contribution in [0.15, 0.2) is 18.3 Å². The summed E-state index contributed by atoms with van der Waals surface area (Å²) in [6, 6.07) is 4.73. The van der Waals surface area contributed by atoms with Gasteiger partial charge in [-0.05, 0) is 88.5 Å². The van der Waals surface area contributed by atoms with Gasteiger partial charge in [0.2, 0.25) is 0 Å². The van der Waals surface area contributed by atoms with Gasteiger partial charge >= 0.3 is 0 Å². The Morgan fingerprint density at radius 1 is 1.03 bits per heavy atom. The monoisotopic (exact) mass is 418 g/mol. The maximum Gasteiger partial charge on any atom is 0.256 e. The summed E-state index contributed by atoms with van der Waals surface area (Å²) in [4.78, 5) is 17.8. The van der Waals surface area contributed by atoms with E-state index in [4.69, 9.17) is 4.98 Å². The second kappa shape index (κ2) is 8.45. The van der Waals surface area contributed by atoms with Crippen LogP contribution in [0.4, 0.5) is 0 Å². The van der Waals surface area contributed by atoms with Gasteiger partial charge in [-0.25, -0.2) is 9.50 Å². The number of rotatable bonds is 4. The third-order valence-electron chi connectivity index (χ3n) is 7.00. The van der Waals surface area contributed by atoms with Crippen molar-refractivity contribution in [3.8, 4) is 0 Å². The minimum absolute atomic E-state index is 0.0566. The molecule has 2 heterocycles. The average molecular weight is 419 g/mol. The normalized spacial score (nSPS) is 19.0. The first-order valence-electron chi connectivity index (χ1n) is 11.5. The molecule has 1 aromatic carbocycles. The summed E-state index contributed by atoms with van der Waals surface area (Å²) in [5.74, 6) is 0.704. The number of aryl methyl sites for hydroxylation is 5. The van der Waals surface area contributed by atoms with Crippen LogP contribution in [0.5, 0.6) is 0 Å². The zero-order valence-electron chi connectivity index (χ0n) is 19.7. The lowest BCUT2D eigenvalue weighted by atomic mass is 9.87. The number of carbonyl (C=O) groups is 1. The fourth-order valence-electron chi connectivity index (χ4n) is 5.06. The molecule has 3 aromatic rings. The van der Waals surface area contributed by atoms with Gasteiger partial charge in [-0.2, -0.15) is 5.10 Å². The van der Waals surface area contributed by atoms with E-state index in [9.17, 15) is 4.79 Å². The Balaban J connectivity index is 1.64. The lowest BCUT2D eigenvalue weighted by molar-refractivity contribution is 0.0924. The molecule has 5 nitrogen and oxygen atoms in total. The molecule has 0 unspecified atom stereocenters. The Kier molecular flexibility index (Phi) is 5.87. The Morgan fingerprint density at radius 2 is 1.68 bits per heavy atom. The van der Waals surface area contributed by atoms with Crippen molar-refractivity contribution in [2.45, 2.75) is 79.7 Å². The Labute approximate surface area is 185 Å². The molecule has 1 fully saturated rings. The first kappa shape index (κ1) is 21.5. The SMILES string of the molecule is Cc1cc(C)c(Cc2c(C)nc3c(C(=O)NC4CCC(C)CC4)cnn3c2C)c(C)c1. The van der Waals surface area contributed by atoms with E-state index in [2.05, 4.69) is 57.2 Å². The van der Waals surface area contributed by atoms with Crippen molar-refractivity contribution < 1.29 is 4.79 Å². The molecule has 1 aliphatic carbocycles. The summed E-state index contributed by atoms with van der Waals surface area (Å²) < 4.78 is 1.83. The van der Waals surface area contributed by atoms with Crippen molar-refractivity contribution in [1.29, 1.82) is 0 Å². The number of nitrogens with one attached hydrogen (secondary N) is 1. The summed E-state index contributed by atoms with van der Waals surface area (Å²) in [6.45, 7) is 12.9. The fourth-order valence-corrected chi connectivity index (χ4v) is 5.06. The van der Waals surface area contributed by atoms with Crippen molar-refractivity contribution in [3.05, 3.63) is 63.1 Å². The summed E-state index contributed by atoms with van der Waals surface area (Å²) in [5.41, 5.74) is 9.65. The topological polar surface area (TPSA) is 59.3 Å². The van der Waals surface area contributed by atoms with Gasteiger partial charge in [0, 0.05) is 23.9 Å². The fraction of sp³-hybridized carbons (Fsp3) is 0.500. The first-order valence-corrected chi connectivity index (χ1v) is 11.5. The lowest BCUT2D eigenvalue weighted by Crippen LogP contribution is -2.37. The van der Waals surface area contributed by atoms with Crippen LogP contribution in [-0.2, 0) is 6.42 Å². The van der Waals surface area contributed by atoms with Crippen LogP contribution >= 0.6 is 0 Å². The molecule has 0 aliphatic heterocycles. The molecule has 31 heavy (non-hydrogen) atoms. The number of nitrogens with zero attached hydrogens (tertiary/aromatic N) is 3. The molecule has 0 atom stereocenters. The number of carbonyl (C=O) groups excluding carboxylic acids is 1. The Bertz CT molecular complexity index is 1110. The van der Waals surface area contributed by atoms with Gasteiger partial charge in [-0.3, -0.25) is 4.79 Å². The van der Waals surface area contributed by atoms with Gasteiger partial charge < -0.3 is 5.32 Å². The largest absolute Gasteiger partial charge is 0.349 e. The average Bonchev–Trinajstić information content (AvgIpc) is 3.12. The zero-order valence-corrected chi connectivity index (χ0v) is 19.7. The van der Waals surface area contributed by atoms with Crippen molar-refractivity contribution in [1.82, 2.24) is 19.9 Å². The van der Waals surface area contributed by atoms with E-state index >= 15 is 0 Å². The predicted molar refractivity (Wildman–Crippen MR) is 125 cm³/mol. The standard InChI is InChI=1S/C26H34N4O/c1-15-7-9-21(10-8-15)29-26(31)24-14-27-30-20(6)23(19(5)28-25(24)30)13-22-17(3)11-16(2)12-18(22)4/h11-12,14-15,21H,7-10,13H2,1-6H3,(H,29,31). The molecule has 5 heteroatoms. The highest BCUT2D eigenvalue weighted by Crippen LogP contribution is 2.26. The van der Waals surface area contributed by atoms with Crippen molar-refractivity contribution >= 4 is 11.6 Å². The van der Waals surface area contributed by atoms with E-state index in [-0.39, 0.29) is 11.9 Å². The molecule has 0 saturated heterocycles. The van der Waals surface area contributed by atoms with E-state index in [1.165, 1.54) is 40.7 Å². The molecule has 164 valence electrons. The molecule has 0 spiro atoms. The smallest absolute Gasteiger partial charge is 0.256 e. The summed E-state index contributed by atoms with van der Waals surface area (Å²) >= 11 is 0.